The summed E-state index contributed by atoms with van der Waals surface area (Å²) in [6, 6.07) is 11.9. The van der Waals surface area contributed by atoms with Gasteiger partial charge in [0.25, 0.3) is 0 Å². The van der Waals surface area contributed by atoms with Gasteiger partial charge >= 0.3 is 5.97 Å². The van der Waals surface area contributed by atoms with E-state index in [1.54, 1.807) is 6.07 Å². The predicted molar refractivity (Wildman–Crippen MR) is 126 cm³/mol. The van der Waals surface area contributed by atoms with E-state index in [0.29, 0.717) is 12.2 Å². The van der Waals surface area contributed by atoms with Crippen molar-refractivity contribution in [2.75, 3.05) is 31.7 Å². The third kappa shape index (κ3) is 4.45. The average molecular weight is 440 g/mol. The van der Waals surface area contributed by atoms with E-state index >= 15 is 0 Å². The van der Waals surface area contributed by atoms with E-state index in [4.69, 9.17) is 21.1 Å². The molecule has 0 radical (unpaired) electrons. The first-order valence-corrected chi connectivity index (χ1v) is 11.4. The second-order valence-corrected chi connectivity index (χ2v) is 9.04. The SMILES string of the molecule is C=CCCCCN1CC2(CCCc3cc(Cl)ccc32)COc2ccc(C(=O)OC)cc21. The normalized spacial score (nSPS) is 19.7. The molecule has 164 valence electrons. The van der Waals surface area contributed by atoms with Crippen molar-refractivity contribution in [1.82, 2.24) is 0 Å². The van der Waals surface area contributed by atoms with Crippen LogP contribution in [0.5, 0.6) is 5.75 Å². The lowest BCUT2D eigenvalue weighted by Crippen LogP contribution is -2.46. The topological polar surface area (TPSA) is 38.8 Å². The van der Waals surface area contributed by atoms with Crippen LogP contribution in [0.15, 0.2) is 49.1 Å². The van der Waals surface area contributed by atoms with Crippen LogP contribution >= 0.6 is 11.6 Å². The first-order valence-electron chi connectivity index (χ1n) is 11.1. The van der Waals surface area contributed by atoms with Crippen LogP contribution in [0.2, 0.25) is 5.02 Å². The Morgan fingerprint density at radius 1 is 1.29 bits per heavy atom. The Morgan fingerprint density at radius 3 is 2.97 bits per heavy atom. The van der Waals surface area contributed by atoms with E-state index in [1.165, 1.54) is 18.2 Å². The zero-order valence-corrected chi connectivity index (χ0v) is 18.9. The number of allylic oxidation sites excluding steroid dienone is 1. The monoisotopic (exact) mass is 439 g/mol. The van der Waals surface area contributed by atoms with Crippen LogP contribution in [0, 0.1) is 0 Å². The number of fused-ring (bicyclic) bond motifs is 3. The van der Waals surface area contributed by atoms with Gasteiger partial charge in [-0.3, -0.25) is 0 Å². The quantitative estimate of drug-likeness (QED) is 0.316. The van der Waals surface area contributed by atoms with E-state index in [9.17, 15) is 4.79 Å². The maximum atomic E-state index is 12.2. The van der Waals surface area contributed by atoms with Gasteiger partial charge in [-0.25, -0.2) is 4.79 Å². The van der Waals surface area contributed by atoms with E-state index in [2.05, 4.69) is 23.6 Å². The molecular weight excluding hydrogens is 410 g/mol. The highest BCUT2D eigenvalue weighted by molar-refractivity contribution is 6.30. The van der Waals surface area contributed by atoms with Gasteiger partial charge in [0.1, 0.15) is 5.75 Å². The van der Waals surface area contributed by atoms with E-state index < -0.39 is 0 Å². The minimum absolute atomic E-state index is 0.0962. The Morgan fingerprint density at radius 2 is 2.16 bits per heavy atom. The zero-order chi connectivity index (χ0) is 21.8. The number of esters is 1. The number of hydrogen-bond donors (Lipinski definition) is 0. The summed E-state index contributed by atoms with van der Waals surface area (Å²) >= 11 is 6.30. The lowest BCUT2D eigenvalue weighted by Gasteiger charge is -2.41. The lowest BCUT2D eigenvalue weighted by molar-refractivity contribution is 0.0600. The molecule has 0 amide bonds. The van der Waals surface area contributed by atoms with Gasteiger partial charge in [-0.2, -0.15) is 0 Å². The number of halogens is 1. The molecule has 1 heterocycles. The molecule has 2 aromatic carbocycles. The van der Waals surface area contributed by atoms with Crippen LogP contribution in [0.25, 0.3) is 0 Å². The van der Waals surface area contributed by atoms with Crippen LogP contribution < -0.4 is 9.64 Å². The zero-order valence-electron chi connectivity index (χ0n) is 18.2. The molecule has 0 fully saturated rings. The molecule has 0 saturated carbocycles. The van der Waals surface area contributed by atoms with Crippen LogP contribution in [-0.2, 0) is 16.6 Å². The second-order valence-electron chi connectivity index (χ2n) is 8.60. The van der Waals surface area contributed by atoms with Crippen LogP contribution in [0.3, 0.4) is 0 Å². The molecule has 31 heavy (non-hydrogen) atoms. The minimum Gasteiger partial charge on any atom is -0.490 e. The maximum Gasteiger partial charge on any atom is 0.337 e. The standard InChI is InChI=1S/C26H30ClNO3/c1-3-4-5-6-14-28-17-26(13-7-8-19-15-21(27)10-11-22(19)26)18-31-24-12-9-20(16-23(24)28)25(29)30-2/h3,9-12,15-16H,1,4-8,13-14,17-18H2,2H3. The molecule has 5 heteroatoms. The van der Waals surface area contributed by atoms with Crippen molar-refractivity contribution >= 4 is 23.3 Å². The van der Waals surface area contributed by atoms with Gasteiger partial charge in [0, 0.05) is 23.5 Å². The number of methoxy groups -OCH3 is 1. The summed E-state index contributed by atoms with van der Waals surface area (Å²) in [4.78, 5) is 14.6. The summed E-state index contributed by atoms with van der Waals surface area (Å²) in [6.45, 7) is 6.22. The molecule has 1 unspecified atom stereocenters. The lowest BCUT2D eigenvalue weighted by atomic mass is 9.70. The second kappa shape index (κ2) is 9.35. The van der Waals surface area contributed by atoms with Crippen LogP contribution in [0.1, 0.15) is 53.6 Å². The fourth-order valence-corrected chi connectivity index (χ4v) is 5.18. The van der Waals surface area contributed by atoms with Crippen molar-refractivity contribution in [2.24, 2.45) is 0 Å². The number of carbonyl (C=O) groups excluding carboxylic acids is 1. The Kier molecular flexibility index (Phi) is 6.57. The number of ether oxygens (including phenoxy) is 2. The van der Waals surface area contributed by atoms with Crippen molar-refractivity contribution in [3.8, 4) is 5.75 Å². The summed E-state index contributed by atoms with van der Waals surface area (Å²) in [5.41, 5.74) is 4.10. The first kappa shape index (κ1) is 21.8. The third-order valence-electron chi connectivity index (χ3n) is 6.54. The summed E-state index contributed by atoms with van der Waals surface area (Å²) < 4.78 is 11.4. The number of nitrogens with zero attached hydrogens (tertiary/aromatic N) is 1. The van der Waals surface area contributed by atoms with E-state index in [0.717, 1.165) is 68.1 Å². The summed E-state index contributed by atoms with van der Waals surface area (Å²) in [7, 11) is 1.41. The van der Waals surface area contributed by atoms with Gasteiger partial charge in [-0.1, -0.05) is 23.7 Å². The third-order valence-corrected chi connectivity index (χ3v) is 6.78. The molecule has 0 N–H and O–H groups in total. The van der Waals surface area contributed by atoms with Gasteiger partial charge < -0.3 is 14.4 Å². The molecule has 1 aliphatic carbocycles. The van der Waals surface area contributed by atoms with Gasteiger partial charge in [0.15, 0.2) is 0 Å². The number of hydrogen-bond acceptors (Lipinski definition) is 4. The molecule has 2 aliphatic rings. The molecular formula is C26H30ClNO3. The van der Waals surface area contributed by atoms with Gasteiger partial charge in [0.05, 0.1) is 25.0 Å². The van der Waals surface area contributed by atoms with Crippen molar-refractivity contribution in [1.29, 1.82) is 0 Å². The summed E-state index contributed by atoms with van der Waals surface area (Å²) in [6.07, 6.45) is 8.36. The molecule has 4 nitrogen and oxygen atoms in total. The van der Waals surface area contributed by atoms with Crippen molar-refractivity contribution < 1.29 is 14.3 Å². The maximum absolute atomic E-state index is 12.2. The number of unbranched alkanes of at least 4 members (excludes halogenated alkanes) is 2. The Balaban J connectivity index is 1.72. The van der Waals surface area contributed by atoms with E-state index in [1.807, 2.05) is 24.3 Å². The fraction of sp³-hybridized carbons (Fsp3) is 0.423. The highest BCUT2D eigenvalue weighted by Crippen LogP contribution is 2.44. The number of carbonyl (C=O) groups is 1. The molecule has 2 aromatic rings. The smallest absolute Gasteiger partial charge is 0.337 e. The number of benzene rings is 2. The Hall–Kier alpha value is -2.46. The number of anilines is 1. The molecule has 4 rings (SSSR count). The molecule has 0 aromatic heterocycles. The highest BCUT2D eigenvalue weighted by atomic mass is 35.5. The van der Waals surface area contributed by atoms with Crippen LogP contribution in [-0.4, -0.2) is 32.8 Å². The minimum atomic E-state index is -0.328. The summed E-state index contributed by atoms with van der Waals surface area (Å²) in [5, 5.41) is 0.789. The molecule has 0 saturated heterocycles. The van der Waals surface area contributed by atoms with E-state index in [-0.39, 0.29) is 11.4 Å². The van der Waals surface area contributed by atoms with Crippen molar-refractivity contribution in [3.63, 3.8) is 0 Å². The molecule has 1 atom stereocenters. The highest BCUT2D eigenvalue weighted by Gasteiger charge is 2.41. The van der Waals surface area contributed by atoms with Gasteiger partial charge in [-0.15, -0.1) is 6.58 Å². The largest absolute Gasteiger partial charge is 0.490 e. The van der Waals surface area contributed by atoms with Gasteiger partial charge in [-0.05, 0) is 80.0 Å². The molecule has 1 spiro atoms. The predicted octanol–water partition coefficient (Wildman–Crippen LogP) is 5.96. The molecule has 0 bridgehead atoms. The average Bonchev–Trinajstić information content (AvgIpc) is 2.93. The number of aryl methyl sites for hydroxylation is 1. The van der Waals surface area contributed by atoms with Gasteiger partial charge in [0.2, 0.25) is 0 Å². The first-order chi connectivity index (χ1) is 15.1. The number of rotatable bonds is 6. The van der Waals surface area contributed by atoms with Crippen LogP contribution in [0.4, 0.5) is 5.69 Å². The van der Waals surface area contributed by atoms with Crippen molar-refractivity contribution in [2.45, 2.75) is 43.9 Å². The molecule has 1 aliphatic heterocycles. The Bertz CT molecular complexity index is 973. The van der Waals surface area contributed by atoms with Crippen molar-refractivity contribution in [3.05, 3.63) is 70.8 Å². The fourth-order valence-electron chi connectivity index (χ4n) is 4.99. The Labute approximate surface area is 189 Å². The summed E-state index contributed by atoms with van der Waals surface area (Å²) in [5.74, 6) is 0.500.